The average Bonchev–Trinajstić information content (AvgIpc) is 2.93. The lowest BCUT2D eigenvalue weighted by atomic mass is 9.97. The standard InChI is InChI=1S/C21H38O18/c22-1-6(25)4-34-21-18(15(31)11(27)8(3-24)37-21)39-20-17(33)14(30)12(28)9(38-20)5-35-19-16(32)13(29)10(26)7(2-23)36-19/h6-33H,1-5H2/t6?,7-,8-,9-,10+,11-,12-,13+,14+,15+,16-,17+,18-,19-,20-,21+/m1/s1. The molecule has 3 heterocycles. The summed E-state index contributed by atoms with van der Waals surface area (Å²) in [5, 5.41) is 119. The van der Waals surface area contributed by atoms with Gasteiger partial charge in [0.1, 0.15) is 79.4 Å². The van der Waals surface area contributed by atoms with E-state index in [2.05, 4.69) is 0 Å². The zero-order chi connectivity index (χ0) is 29.0. The minimum atomic E-state index is -1.92. The summed E-state index contributed by atoms with van der Waals surface area (Å²) in [5.74, 6) is 0. The van der Waals surface area contributed by atoms with Gasteiger partial charge < -0.3 is 89.7 Å². The molecule has 0 amide bonds. The van der Waals surface area contributed by atoms with Crippen molar-refractivity contribution >= 4 is 0 Å². The molecule has 0 aliphatic carbocycles. The van der Waals surface area contributed by atoms with Gasteiger partial charge in [0.15, 0.2) is 18.9 Å². The molecule has 0 aromatic heterocycles. The molecule has 0 bridgehead atoms. The first-order valence-corrected chi connectivity index (χ1v) is 12.2. The maximum Gasteiger partial charge on any atom is 0.187 e. The number of aliphatic hydroxyl groups is 12. The lowest BCUT2D eigenvalue weighted by Crippen LogP contribution is -2.65. The Labute approximate surface area is 221 Å². The van der Waals surface area contributed by atoms with Gasteiger partial charge in [0.05, 0.1) is 33.0 Å². The van der Waals surface area contributed by atoms with Crippen molar-refractivity contribution in [1.29, 1.82) is 0 Å². The van der Waals surface area contributed by atoms with Gasteiger partial charge in [-0.3, -0.25) is 0 Å². The fraction of sp³-hybridized carbons (Fsp3) is 1.00. The molecule has 0 spiro atoms. The Morgan fingerprint density at radius 3 is 1.59 bits per heavy atom. The maximum absolute atomic E-state index is 10.6. The van der Waals surface area contributed by atoms with Crippen LogP contribution < -0.4 is 0 Å². The molecule has 230 valence electrons. The van der Waals surface area contributed by atoms with Crippen molar-refractivity contribution in [3.63, 3.8) is 0 Å². The van der Waals surface area contributed by atoms with Crippen LogP contribution in [0, 0.1) is 0 Å². The molecule has 0 aromatic rings. The van der Waals surface area contributed by atoms with Crippen molar-refractivity contribution in [2.75, 3.05) is 33.0 Å². The second-order valence-corrected chi connectivity index (χ2v) is 9.52. The van der Waals surface area contributed by atoms with E-state index >= 15 is 0 Å². The Hall–Kier alpha value is -0.720. The molecule has 0 aromatic carbocycles. The minimum absolute atomic E-state index is 0.521. The Morgan fingerprint density at radius 2 is 1.03 bits per heavy atom. The van der Waals surface area contributed by atoms with Crippen LogP contribution in [0.2, 0.25) is 0 Å². The van der Waals surface area contributed by atoms with E-state index in [1.807, 2.05) is 0 Å². The van der Waals surface area contributed by atoms with Gasteiger partial charge in [-0.2, -0.15) is 0 Å². The van der Waals surface area contributed by atoms with Crippen molar-refractivity contribution in [3.05, 3.63) is 0 Å². The third kappa shape index (κ3) is 7.38. The molecule has 18 nitrogen and oxygen atoms in total. The van der Waals surface area contributed by atoms with Crippen LogP contribution in [0.3, 0.4) is 0 Å². The molecule has 3 fully saturated rings. The molecule has 0 radical (unpaired) electrons. The summed E-state index contributed by atoms with van der Waals surface area (Å²) in [7, 11) is 0. The molecular weight excluding hydrogens is 540 g/mol. The SMILES string of the molecule is OCC(O)CO[C@H]1O[C@H](CO)[C@@H](O)[C@H](O)[C@H]1O[C@H]1O[C@H](CO[C@@H]2O[C@H](CO)[C@H](O)[C@H](O)[C@H]2O)[C@@H](O)[C@H](O)[C@@H]1O. The summed E-state index contributed by atoms with van der Waals surface area (Å²) in [6, 6.07) is 0. The van der Waals surface area contributed by atoms with Gasteiger partial charge in [-0.1, -0.05) is 0 Å². The van der Waals surface area contributed by atoms with E-state index in [9.17, 15) is 56.2 Å². The van der Waals surface area contributed by atoms with Crippen LogP contribution in [-0.4, -0.2) is 193 Å². The smallest absolute Gasteiger partial charge is 0.187 e. The normalized spacial score (nSPS) is 48.2. The zero-order valence-electron chi connectivity index (χ0n) is 20.6. The number of rotatable bonds is 11. The predicted octanol–water partition coefficient (Wildman–Crippen LogP) is -8.20. The van der Waals surface area contributed by atoms with E-state index in [4.69, 9.17) is 33.5 Å². The van der Waals surface area contributed by atoms with Crippen LogP contribution in [0.4, 0.5) is 0 Å². The highest BCUT2D eigenvalue weighted by Crippen LogP contribution is 2.30. The van der Waals surface area contributed by atoms with Crippen molar-refractivity contribution < 1.29 is 89.7 Å². The fourth-order valence-corrected chi connectivity index (χ4v) is 4.31. The Kier molecular flexibility index (Phi) is 12.1. The van der Waals surface area contributed by atoms with E-state index in [0.717, 1.165) is 0 Å². The van der Waals surface area contributed by atoms with Crippen molar-refractivity contribution in [2.24, 2.45) is 0 Å². The highest BCUT2D eigenvalue weighted by atomic mass is 16.8. The molecule has 3 rings (SSSR count). The van der Waals surface area contributed by atoms with Crippen LogP contribution in [0.25, 0.3) is 0 Å². The second-order valence-electron chi connectivity index (χ2n) is 9.52. The van der Waals surface area contributed by atoms with Crippen molar-refractivity contribution in [3.8, 4) is 0 Å². The molecule has 0 saturated carbocycles. The number of ether oxygens (including phenoxy) is 6. The third-order valence-corrected chi connectivity index (χ3v) is 6.72. The van der Waals surface area contributed by atoms with Gasteiger partial charge in [0.2, 0.25) is 0 Å². The topological polar surface area (TPSA) is 298 Å². The lowest BCUT2D eigenvalue weighted by molar-refractivity contribution is -0.373. The summed E-state index contributed by atoms with van der Waals surface area (Å²) < 4.78 is 32.3. The summed E-state index contributed by atoms with van der Waals surface area (Å²) in [4.78, 5) is 0. The molecule has 3 saturated heterocycles. The quantitative estimate of drug-likeness (QED) is 0.108. The number of aliphatic hydroxyl groups excluding tert-OH is 12. The highest BCUT2D eigenvalue weighted by molar-refractivity contribution is 4.94. The first kappa shape index (κ1) is 32.8. The molecule has 12 N–H and O–H groups in total. The van der Waals surface area contributed by atoms with Gasteiger partial charge in [0, 0.05) is 0 Å². The van der Waals surface area contributed by atoms with E-state index in [0.29, 0.717) is 0 Å². The van der Waals surface area contributed by atoms with Gasteiger partial charge in [0.25, 0.3) is 0 Å². The highest BCUT2D eigenvalue weighted by Gasteiger charge is 2.52. The lowest BCUT2D eigenvalue weighted by Gasteiger charge is -2.46. The molecule has 3 aliphatic rings. The van der Waals surface area contributed by atoms with Crippen molar-refractivity contribution in [2.45, 2.75) is 98.2 Å². The Balaban J connectivity index is 1.70. The van der Waals surface area contributed by atoms with Gasteiger partial charge >= 0.3 is 0 Å². The van der Waals surface area contributed by atoms with E-state index in [1.165, 1.54) is 0 Å². The van der Waals surface area contributed by atoms with Crippen LogP contribution in [-0.2, 0) is 28.4 Å². The number of hydrogen-bond donors (Lipinski definition) is 12. The fourth-order valence-electron chi connectivity index (χ4n) is 4.31. The van der Waals surface area contributed by atoms with Gasteiger partial charge in [-0.15, -0.1) is 0 Å². The Morgan fingerprint density at radius 1 is 0.538 bits per heavy atom. The molecule has 3 aliphatic heterocycles. The molecule has 39 heavy (non-hydrogen) atoms. The third-order valence-electron chi connectivity index (χ3n) is 6.72. The Bertz CT molecular complexity index is 731. The van der Waals surface area contributed by atoms with Crippen LogP contribution >= 0.6 is 0 Å². The van der Waals surface area contributed by atoms with Crippen LogP contribution in [0.5, 0.6) is 0 Å². The first-order chi connectivity index (χ1) is 18.4. The molecule has 18 heteroatoms. The van der Waals surface area contributed by atoms with Gasteiger partial charge in [-0.05, 0) is 0 Å². The first-order valence-electron chi connectivity index (χ1n) is 12.2. The largest absolute Gasteiger partial charge is 0.394 e. The van der Waals surface area contributed by atoms with Crippen molar-refractivity contribution in [1.82, 2.24) is 0 Å². The van der Waals surface area contributed by atoms with Crippen LogP contribution in [0.1, 0.15) is 0 Å². The van der Waals surface area contributed by atoms with Gasteiger partial charge in [-0.25, -0.2) is 0 Å². The summed E-state index contributed by atoms with van der Waals surface area (Å²) >= 11 is 0. The van der Waals surface area contributed by atoms with Crippen LogP contribution in [0.15, 0.2) is 0 Å². The monoisotopic (exact) mass is 578 g/mol. The maximum atomic E-state index is 10.6. The summed E-state index contributed by atoms with van der Waals surface area (Å²) in [6.45, 7) is -3.31. The van der Waals surface area contributed by atoms with E-state index in [-0.39, 0.29) is 0 Å². The molecule has 1 unspecified atom stereocenters. The minimum Gasteiger partial charge on any atom is -0.394 e. The average molecular weight is 579 g/mol. The van der Waals surface area contributed by atoms with E-state index < -0.39 is 131 Å². The summed E-state index contributed by atoms with van der Waals surface area (Å²) in [6.07, 6.45) is -26.4. The number of hydrogen-bond acceptors (Lipinski definition) is 18. The second kappa shape index (κ2) is 14.4. The van der Waals surface area contributed by atoms with E-state index in [1.54, 1.807) is 0 Å². The summed E-state index contributed by atoms with van der Waals surface area (Å²) in [5.41, 5.74) is 0. The molecular formula is C21H38O18. The molecule has 16 atom stereocenters. The predicted molar refractivity (Wildman–Crippen MR) is 118 cm³/mol. The zero-order valence-corrected chi connectivity index (χ0v) is 20.6.